The Hall–Kier alpha value is -1.23. The summed E-state index contributed by atoms with van der Waals surface area (Å²) >= 11 is 1.89. The van der Waals surface area contributed by atoms with Crippen LogP contribution in [0.2, 0.25) is 0 Å². The van der Waals surface area contributed by atoms with E-state index in [1.165, 1.54) is 0 Å². The van der Waals surface area contributed by atoms with Gasteiger partial charge in [-0.25, -0.2) is 0 Å². The number of aryl methyl sites for hydroxylation is 2. The highest BCUT2D eigenvalue weighted by molar-refractivity contribution is 7.99. The Balaban J connectivity index is 2.29. The lowest BCUT2D eigenvalue weighted by Gasteiger charge is -2.14. The van der Waals surface area contributed by atoms with Crippen molar-refractivity contribution in [2.75, 3.05) is 16.8 Å². The van der Waals surface area contributed by atoms with E-state index in [1.54, 1.807) is 6.07 Å². The Bertz CT molecular complexity index is 442. The molecule has 0 amide bonds. The maximum absolute atomic E-state index is 11.0. The van der Waals surface area contributed by atoms with E-state index < -0.39 is 0 Å². The molecule has 17 heavy (non-hydrogen) atoms. The summed E-state index contributed by atoms with van der Waals surface area (Å²) in [6, 6.07) is 3.90. The summed E-state index contributed by atoms with van der Waals surface area (Å²) in [5.74, 6) is 2.17. The lowest BCUT2D eigenvalue weighted by Crippen LogP contribution is -2.19. The standard InChI is InChI=1S/C12H16N2O2S/c1-8-5-11(13-10-3-4-17-7-10)12(14(15)16)6-9(8)2/h5-6,10,13H,3-4,7H2,1-2H3. The third-order valence-electron chi connectivity index (χ3n) is 3.10. The quantitative estimate of drug-likeness (QED) is 0.663. The Kier molecular flexibility index (Phi) is 3.57. The SMILES string of the molecule is Cc1cc(NC2CCSC2)c([N+](=O)[O-])cc1C. The fourth-order valence-electron chi connectivity index (χ4n) is 1.94. The van der Waals surface area contributed by atoms with E-state index in [0.29, 0.717) is 11.7 Å². The topological polar surface area (TPSA) is 55.2 Å². The molecule has 1 heterocycles. The van der Waals surface area contributed by atoms with E-state index >= 15 is 0 Å². The number of nitro benzene ring substituents is 1. The summed E-state index contributed by atoms with van der Waals surface area (Å²) < 4.78 is 0. The predicted molar refractivity (Wildman–Crippen MR) is 71.9 cm³/mol. The number of nitrogens with zero attached hydrogens (tertiary/aromatic N) is 1. The van der Waals surface area contributed by atoms with Crippen LogP contribution in [0.5, 0.6) is 0 Å². The molecule has 0 aromatic heterocycles. The number of nitro groups is 1. The third kappa shape index (κ3) is 2.72. The van der Waals surface area contributed by atoms with Crippen molar-refractivity contribution in [2.24, 2.45) is 0 Å². The monoisotopic (exact) mass is 252 g/mol. The van der Waals surface area contributed by atoms with E-state index in [0.717, 1.165) is 29.1 Å². The summed E-state index contributed by atoms with van der Waals surface area (Å²) in [5.41, 5.74) is 2.89. The van der Waals surface area contributed by atoms with Crippen LogP contribution in [0.3, 0.4) is 0 Å². The molecule has 0 aliphatic carbocycles. The van der Waals surface area contributed by atoms with Gasteiger partial charge in [0.2, 0.25) is 0 Å². The van der Waals surface area contributed by atoms with Crippen molar-refractivity contribution in [3.63, 3.8) is 0 Å². The number of rotatable bonds is 3. The van der Waals surface area contributed by atoms with Gasteiger partial charge >= 0.3 is 0 Å². The molecule has 1 aliphatic heterocycles. The first-order chi connectivity index (χ1) is 8.08. The lowest BCUT2D eigenvalue weighted by molar-refractivity contribution is -0.384. The lowest BCUT2D eigenvalue weighted by atomic mass is 10.1. The second kappa shape index (κ2) is 4.96. The second-order valence-corrected chi connectivity index (χ2v) is 5.57. The van der Waals surface area contributed by atoms with Gasteiger partial charge in [0, 0.05) is 17.9 Å². The molecule has 1 atom stereocenters. The highest BCUT2D eigenvalue weighted by Crippen LogP contribution is 2.30. The van der Waals surface area contributed by atoms with Crippen molar-refractivity contribution in [1.82, 2.24) is 0 Å². The van der Waals surface area contributed by atoms with Crippen molar-refractivity contribution in [2.45, 2.75) is 26.3 Å². The summed E-state index contributed by atoms with van der Waals surface area (Å²) in [4.78, 5) is 10.7. The average molecular weight is 252 g/mol. The number of nitrogens with one attached hydrogen (secondary N) is 1. The van der Waals surface area contributed by atoms with Crippen LogP contribution >= 0.6 is 11.8 Å². The molecule has 1 aromatic carbocycles. The Labute approximate surface area is 105 Å². The molecule has 1 aliphatic rings. The minimum absolute atomic E-state index is 0.185. The smallest absolute Gasteiger partial charge is 0.292 e. The molecule has 1 aromatic rings. The molecule has 2 rings (SSSR count). The van der Waals surface area contributed by atoms with Gasteiger partial charge in [0.15, 0.2) is 0 Å². The molecule has 1 fully saturated rings. The van der Waals surface area contributed by atoms with Crippen molar-refractivity contribution in [3.05, 3.63) is 33.4 Å². The molecule has 0 spiro atoms. The zero-order chi connectivity index (χ0) is 12.4. The van der Waals surface area contributed by atoms with Gasteiger partial charge in [-0.1, -0.05) is 0 Å². The van der Waals surface area contributed by atoms with Gasteiger partial charge in [-0.2, -0.15) is 11.8 Å². The molecule has 1 unspecified atom stereocenters. The van der Waals surface area contributed by atoms with E-state index in [9.17, 15) is 10.1 Å². The van der Waals surface area contributed by atoms with Crippen LogP contribution in [0.1, 0.15) is 17.5 Å². The number of thioether (sulfide) groups is 1. The van der Waals surface area contributed by atoms with E-state index in [4.69, 9.17) is 0 Å². The third-order valence-corrected chi connectivity index (χ3v) is 4.26. The van der Waals surface area contributed by atoms with E-state index in [1.807, 2.05) is 31.7 Å². The van der Waals surface area contributed by atoms with Crippen molar-refractivity contribution >= 4 is 23.1 Å². The molecule has 0 bridgehead atoms. The summed E-state index contributed by atoms with van der Waals surface area (Å²) in [6.45, 7) is 3.88. The maximum Gasteiger partial charge on any atom is 0.292 e. The largest absolute Gasteiger partial charge is 0.376 e. The first kappa shape index (κ1) is 12.2. The predicted octanol–water partition coefficient (Wildman–Crippen LogP) is 3.13. The number of hydrogen-bond donors (Lipinski definition) is 1. The maximum atomic E-state index is 11.0. The van der Waals surface area contributed by atoms with Crippen LogP contribution in [0.4, 0.5) is 11.4 Å². The van der Waals surface area contributed by atoms with Crippen LogP contribution in [0, 0.1) is 24.0 Å². The zero-order valence-corrected chi connectivity index (χ0v) is 10.8. The fraction of sp³-hybridized carbons (Fsp3) is 0.500. The molecular formula is C12H16N2O2S. The van der Waals surface area contributed by atoms with Gasteiger partial charge in [0.1, 0.15) is 5.69 Å². The van der Waals surface area contributed by atoms with Crippen LogP contribution in [-0.2, 0) is 0 Å². The average Bonchev–Trinajstić information content (AvgIpc) is 2.75. The normalized spacial score (nSPS) is 19.3. The van der Waals surface area contributed by atoms with Gasteiger partial charge in [-0.05, 0) is 43.2 Å². The fourth-order valence-corrected chi connectivity index (χ4v) is 3.09. The molecule has 1 saturated heterocycles. The van der Waals surface area contributed by atoms with Crippen molar-refractivity contribution in [1.29, 1.82) is 0 Å². The highest BCUT2D eigenvalue weighted by atomic mass is 32.2. The first-order valence-electron chi connectivity index (χ1n) is 5.68. The van der Waals surface area contributed by atoms with Crippen LogP contribution in [0.25, 0.3) is 0 Å². The van der Waals surface area contributed by atoms with E-state index in [-0.39, 0.29) is 10.6 Å². The summed E-state index contributed by atoms with van der Waals surface area (Å²) in [7, 11) is 0. The van der Waals surface area contributed by atoms with Gasteiger partial charge in [-0.15, -0.1) is 0 Å². The number of hydrogen-bond acceptors (Lipinski definition) is 4. The van der Waals surface area contributed by atoms with Gasteiger partial charge in [0.25, 0.3) is 5.69 Å². The Morgan fingerprint density at radius 1 is 1.41 bits per heavy atom. The van der Waals surface area contributed by atoms with Crippen LogP contribution < -0.4 is 5.32 Å². The van der Waals surface area contributed by atoms with Crippen molar-refractivity contribution in [3.8, 4) is 0 Å². The molecule has 0 radical (unpaired) electrons. The molecule has 5 heteroatoms. The van der Waals surface area contributed by atoms with Gasteiger partial charge in [-0.3, -0.25) is 10.1 Å². The Morgan fingerprint density at radius 3 is 2.71 bits per heavy atom. The highest BCUT2D eigenvalue weighted by Gasteiger charge is 2.21. The number of benzene rings is 1. The van der Waals surface area contributed by atoms with Gasteiger partial charge in [0.05, 0.1) is 4.92 Å². The number of anilines is 1. The summed E-state index contributed by atoms with van der Waals surface area (Å²) in [5, 5.41) is 14.3. The molecule has 1 N–H and O–H groups in total. The van der Waals surface area contributed by atoms with Crippen LogP contribution in [0.15, 0.2) is 12.1 Å². The van der Waals surface area contributed by atoms with Crippen LogP contribution in [-0.4, -0.2) is 22.5 Å². The van der Waals surface area contributed by atoms with Crippen molar-refractivity contribution < 1.29 is 4.92 Å². The molecular weight excluding hydrogens is 236 g/mol. The Morgan fingerprint density at radius 2 is 2.12 bits per heavy atom. The molecule has 4 nitrogen and oxygen atoms in total. The second-order valence-electron chi connectivity index (χ2n) is 4.42. The zero-order valence-electron chi connectivity index (χ0n) is 10.0. The summed E-state index contributed by atoms with van der Waals surface area (Å²) in [6.07, 6.45) is 1.08. The van der Waals surface area contributed by atoms with Gasteiger partial charge < -0.3 is 5.32 Å². The minimum Gasteiger partial charge on any atom is -0.376 e. The van der Waals surface area contributed by atoms with E-state index in [2.05, 4.69) is 5.32 Å². The minimum atomic E-state index is -0.309. The first-order valence-corrected chi connectivity index (χ1v) is 6.83. The molecule has 0 saturated carbocycles. The molecule has 92 valence electrons.